The maximum absolute atomic E-state index is 12.5. The Balaban J connectivity index is 1.78. The lowest BCUT2D eigenvalue weighted by atomic mass is 9.94. The fourth-order valence-electron chi connectivity index (χ4n) is 2.18. The van der Waals surface area contributed by atoms with Crippen molar-refractivity contribution in [1.82, 2.24) is 15.6 Å². The molecule has 0 saturated heterocycles. The van der Waals surface area contributed by atoms with E-state index in [-0.39, 0.29) is 6.54 Å². The van der Waals surface area contributed by atoms with E-state index < -0.39 is 11.9 Å². The van der Waals surface area contributed by atoms with Crippen molar-refractivity contribution in [2.45, 2.75) is 32.0 Å². The summed E-state index contributed by atoms with van der Waals surface area (Å²) in [5, 5.41) is 7.61. The zero-order valence-electron chi connectivity index (χ0n) is 12.3. The van der Waals surface area contributed by atoms with Crippen molar-refractivity contribution >= 4 is 17.3 Å². The Bertz CT molecular complexity index is 536. The highest BCUT2D eigenvalue weighted by molar-refractivity contribution is 7.09. The minimum absolute atomic E-state index is 0.227. The highest BCUT2D eigenvalue weighted by atomic mass is 32.1. The van der Waals surface area contributed by atoms with Crippen LogP contribution in [0.1, 0.15) is 30.0 Å². The molecule has 0 bridgehead atoms. The molecular weight excluding hydrogens is 313 g/mol. The molecule has 1 aliphatic carbocycles. The first-order valence-corrected chi connectivity index (χ1v) is 7.98. The molecule has 1 aliphatic rings. The highest BCUT2D eigenvalue weighted by Crippen LogP contribution is 2.29. The Labute approximate surface area is 131 Å². The molecule has 0 amide bonds. The van der Waals surface area contributed by atoms with Gasteiger partial charge in [0.2, 0.25) is 0 Å². The summed E-state index contributed by atoms with van der Waals surface area (Å²) in [6.45, 7) is 1.03. The molecule has 0 spiro atoms. The Morgan fingerprint density at radius 1 is 1.41 bits per heavy atom. The normalized spacial score (nSPS) is 19.3. The molecule has 1 aromatic rings. The molecule has 2 rings (SSSR count). The number of allylic oxidation sites excluding steroid dienone is 2. The van der Waals surface area contributed by atoms with E-state index in [1.165, 1.54) is 0 Å². The third kappa shape index (κ3) is 5.01. The van der Waals surface area contributed by atoms with E-state index in [9.17, 15) is 13.2 Å². The Morgan fingerprint density at radius 2 is 2.23 bits per heavy atom. The van der Waals surface area contributed by atoms with Gasteiger partial charge < -0.3 is 10.6 Å². The number of aromatic nitrogens is 1. The molecule has 0 aliphatic heterocycles. The predicted octanol–water partition coefficient (Wildman–Crippen LogP) is 3.18. The number of halogens is 3. The van der Waals surface area contributed by atoms with Gasteiger partial charge in [0.15, 0.2) is 11.7 Å². The van der Waals surface area contributed by atoms with Crippen LogP contribution in [0, 0.1) is 5.92 Å². The van der Waals surface area contributed by atoms with Crippen LogP contribution in [-0.4, -0.2) is 24.5 Å². The van der Waals surface area contributed by atoms with Gasteiger partial charge in [-0.05, 0) is 25.2 Å². The topological polar surface area (TPSA) is 49.3 Å². The minimum Gasteiger partial charge on any atom is -0.356 e. The van der Waals surface area contributed by atoms with Gasteiger partial charge in [0.05, 0.1) is 6.54 Å². The van der Waals surface area contributed by atoms with Crippen LogP contribution in [0.2, 0.25) is 0 Å². The summed E-state index contributed by atoms with van der Waals surface area (Å²) in [6, 6.07) is 0. The number of hydrogen-bond acceptors (Lipinski definition) is 3. The van der Waals surface area contributed by atoms with Crippen molar-refractivity contribution in [3.63, 3.8) is 0 Å². The average Bonchev–Trinajstić information content (AvgIpc) is 2.97. The number of nitrogens with one attached hydrogen (secondary N) is 2. The SMILES string of the molecule is CN=C(NCc1nc(C(F)(F)F)cs1)NCC1CC=CCC1. The summed E-state index contributed by atoms with van der Waals surface area (Å²) < 4.78 is 37.4. The zero-order chi connectivity index (χ0) is 16.0. The van der Waals surface area contributed by atoms with Crippen molar-refractivity contribution in [3.8, 4) is 0 Å². The van der Waals surface area contributed by atoms with Gasteiger partial charge in [-0.1, -0.05) is 12.2 Å². The number of rotatable bonds is 4. The Hall–Kier alpha value is -1.57. The lowest BCUT2D eigenvalue weighted by Crippen LogP contribution is -2.39. The van der Waals surface area contributed by atoms with E-state index >= 15 is 0 Å². The van der Waals surface area contributed by atoms with Gasteiger partial charge in [-0.15, -0.1) is 11.3 Å². The molecule has 122 valence electrons. The molecule has 22 heavy (non-hydrogen) atoms. The molecule has 0 fully saturated rings. The van der Waals surface area contributed by atoms with E-state index in [4.69, 9.17) is 0 Å². The second-order valence-corrected chi connectivity index (χ2v) is 6.02. The summed E-state index contributed by atoms with van der Waals surface area (Å²) in [5.41, 5.74) is -0.841. The molecule has 0 saturated carbocycles. The number of thiazole rings is 1. The molecule has 1 unspecified atom stereocenters. The summed E-state index contributed by atoms with van der Waals surface area (Å²) in [7, 11) is 1.64. The van der Waals surface area contributed by atoms with E-state index in [1.807, 2.05) is 0 Å². The largest absolute Gasteiger partial charge is 0.434 e. The molecule has 0 aromatic carbocycles. The van der Waals surface area contributed by atoms with Gasteiger partial charge in [0.1, 0.15) is 5.01 Å². The zero-order valence-corrected chi connectivity index (χ0v) is 13.1. The Morgan fingerprint density at radius 3 is 2.82 bits per heavy atom. The maximum Gasteiger partial charge on any atom is 0.434 e. The van der Waals surface area contributed by atoms with Crippen LogP contribution in [0.15, 0.2) is 22.5 Å². The standard InChI is InChI=1S/C14H19F3N4S/c1-18-13(19-7-10-5-3-2-4-6-10)20-8-12-21-11(9-22-12)14(15,16)17/h2-3,9-10H,4-8H2,1H3,(H2,18,19,20). The molecule has 0 radical (unpaired) electrons. The fourth-order valence-corrected chi connectivity index (χ4v) is 2.93. The second-order valence-electron chi connectivity index (χ2n) is 5.08. The molecule has 1 aromatic heterocycles. The van der Waals surface area contributed by atoms with Crippen molar-refractivity contribution in [3.05, 3.63) is 28.2 Å². The van der Waals surface area contributed by atoms with E-state index in [0.717, 1.165) is 42.5 Å². The van der Waals surface area contributed by atoms with Crippen molar-refractivity contribution < 1.29 is 13.2 Å². The first-order valence-electron chi connectivity index (χ1n) is 7.10. The van der Waals surface area contributed by atoms with Crippen molar-refractivity contribution in [2.24, 2.45) is 10.9 Å². The Kier molecular flexibility index (Phi) is 5.82. The van der Waals surface area contributed by atoms with Gasteiger partial charge in [-0.25, -0.2) is 4.98 Å². The van der Waals surface area contributed by atoms with Crippen LogP contribution in [0.3, 0.4) is 0 Å². The monoisotopic (exact) mass is 332 g/mol. The summed E-state index contributed by atoms with van der Waals surface area (Å²) in [5.74, 6) is 1.15. The molecule has 1 atom stereocenters. The van der Waals surface area contributed by atoms with Crippen LogP contribution in [0.5, 0.6) is 0 Å². The fraction of sp³-hybridized carbons (Fsp3) is 0.571. The van der Waals surface area contributed by atoms with Crippen LogP contribution >= 0.6 is 11.3 Å². The number of aliphatic imine (C=N–C) groups is 1. The molecule has 4 nitrogen and oxygen atoms in total. The van der Waals surface area contributed by atoms with Crippen molar-refractivity contribution in [1.29, 1.82) is 0 Å². The van der Waals surface area contributed by atoms with Crippen molar-refractivity contribution in [2.75, 3.05) is 13.6 Å². The highest BCUT2D eigenvalue weighted by Gasteiger charge is 2.33. The molecule has 8 heteroatoms. The maximum atomic E-state index is 12.5. The number of guanidine groups is 1. The first-order chi connectivity index (χ1) is 10.5. The lowest BCUT2D eigenvalue weighted by Gasteiger charge is -2.19. The third-order valence-electron chi connectivity index (χ3n) is 3.41. The smallest absolute Gasteiger partial charge is 0.356 e. The van der Waals surface area contributed by atoms with Gasteiger partial charge in [-0.3, -0.25) is 4.99 Å². The van der Waals surface area contributed by atoms with E-state index in [2.05, 4.69) is 32.8 Å². The quantitative estimate of drug-likeness (QED) is 0.506. The van der Waals surface area contributed by atoms with Crippen LogP contribution in [0.4, 0.5) is 13.2 Å². The van der Waals surface area contributed by atoms with Crippen LogP contribution < -0.4 is 10.6 Å². The van der Waals surface area contributed by atoms with E-state index in [0.29, 0.717) is 16.9 Å². The first kappa shape index (κ1) is 16.8. The number of alkyl halides is 3. The molecule has 2 N–H and O–H groups in total. The van der Waals surface area contributed by atoms with Gasteiger partial charge >= 0.3 is 6.18 Å². The number of hydrogen-bond donors (Lipinski definition) is 2. The molecular formula is C14H19F3N4S. The predicted molar refractivity (Wildman–Crippen MR) is 81.8 cm³/mol. The van der Waals surface area contributed by atoms with E-state index in [1.54, 1.807) is 7.05 Å². The van der Waals surface area contributed by atoms with Crippen LogP contribution in [-0.2, 0) is 12.7 Å². The number of nitrogens with zero attached hydrogens (tertiary/aromatic N) is 2. The van der Waals surface area contributed by atoms with Gasteiger partial charge in [0.25, 0.3) is 0 Å². The van der Waals surface area contributed by atoms with Gasteiger partial charge in [-0.2, -0.15) is 13.2 Å². The second kappa shape index (κ2) is 7.62. The van der Waals surface area contributed by atoms with Gasteiger partial charge in [0, 0.05) is 19.0 Å². The minimum atomic E-state index is -4.39. The average molecular weight is 332 g/mol. The third-order valence-corrected chi connectivity index (χ3v) is 4.26. The summed E-state index contributed by atoms with van der Waals surface area (Å²) in [4.78, 5) is 7.65. The molecule has 1 heterocycles. The van der Waals surface area contributed by atoms with Crippen LogP contribution in [0.25, 0.3) is 0 Å². The summed E-state index contributed by atoms with van der Waals surface area (Å²) in [6.07, 6.45) is 3.26. The summed E-state index contributed by atoms with van der Waals surface area (Å²) >= 11 is 0.990. The lowest BCUT2D eigenvalue weighted by molar-refractivity contribution is -0.140.